The SMILES string of the molecule is CC1CC(CNC(=O)NCc2ccc(C(=O)O)cc2)CC(C)O1. The number of benzene rings is 1. The zero-order valence-electron chi connectivity index (χ0n) is 13.5. The normalized spacial score (nSPS) is 24.0. The predicted octanol–water partition coefficient (Wildman–Crippen LogP) is 2.39. The molecule has 1 heterocycles. The van der Waals surface area contributed by atoms with Crippen LogP contribution in [0.15, 0.2) is 24.3 Å². The van der Waals surface area contributed by atoms with E-state index in [0.29, 0.717) is 19.0 Å². The maximum absolute atomic E-state index is 11.8. The molecule has 126 valence electrons. The second kappa shape index (κ2) is 7.97. The van der Waals surface area contributed by atoms with Gasteiger partial charge in [-0.2, -0.15) is 0 Å². The van der Waals surface area contributed by atoms with Gasteiger partial charge in [-0.3, -0.25) is 0 Å². The third-order valence-electron chi connectivity index (χ3n) is 4.00. The molecule has 1 aromatic carbocycles. The number of amides is 2. The monoisotopic (exact) mass is 320 g/mol. The maximum Gasteiger partial charge on any atom is 0.335 e. The molecule has 0 saturated carbocycles. The number of hydrogen-bond donors (Lipinski definition) is 3. The molecular weight excluding hydrogens is 296 g/mol. The molecule has 1 fully saturated rings. The standard InChI is InChI=1S/C17H24N2O4/c1-11-7-14(8-12(2)23-11)10-19-17(22)18-9-13-3-5-15(6-4-13)16(20)21/h3-6,11-12,14H,7-10H2,1-2H3,(H,20,21)(H2,18,19,22). The third-order valence-corrected chi connectivity index (χ3v) is 4.00. The summed E-state index contributed by atoms with van der Waals surface area (Å²) in [5.74, 6) is -0.517. The van der Waals surface area contributed by atoms with Gasteiger partial charge in [-0.05, 0) is 50.3 Å². The van der Waals surface area contributed by atoms with Crippen LogP contribution in [0, 0.1) is 5.92 Å². The lowest BCUT2D eigenvalue weighted by Crippen LogP contribution is -2.41. The Morgan fingerprint density at radius 2 is 1.74 bits per heavy atom. The molecule has 2 rings (SSSR count). The Balaban J connectivity index is 1.71. The fourth-order valence-electron chi connectivity index (χ4n) is 2.96. The van der Waals surface area contributed by atoms with Gasteiger partial charge in [-0.25, -0.2) is 9.59 Å². The quantitative estimate of drug-likeness (QED) is 0.777. The van der Waals surface area contributed by atoms with Gasteiger partial charge in [0.15, 0.2) is 0 Å². The van der Waals surface area contributed by atoms with Gasteiger partial charge in [-0.1, -0.05) is 12.1 Å². The summed E-state index contributed by atoms with van der Waals surface area (Å²) in [5, 5.41) is 14.5. The summed E-state index contributed by atoms with van der Waals surface area (Å²) < 4.78 is 5.68. The summed E-state index contributed by atoms with van der Waals surface area (Å²) in [7, 11) is 0. The first-order valence-corrected chi connectivity index (χ1v) is 7.93. The molecule has 3 N–H and O–H groups in total. The van der Waals surface area contributed by atoms with Crippen molar-refractivity contribution in [2.24, 2.45) is 5.92 Å². The topological polar surface area (TPSA) is 87.7 Å². The van der Waals surface area contributed by atoms with E-state index in [9.17, 15) is 9.59 Å². The smallest absolute Gasteiger partial charge is 0.335 e. The molecule has 23 heavy (non-hydrogen) atoms. The van der Waals surface area contributed by atoms with Gasteiger partial charge in [0, 0.05) is 13.1 Å². The molecular formula is C17H24N2O4. The molecule has 6 nitrogen and oxygen atoms in total. The number of carboxylic acid groups (broad SMARTS) is 1. The number of carbonyl (C=O) groups is 2. The van der Waals surface area contributed by atoms with E-state index in [4.69, 9.17) is 9.84 Å². The molecule has 1 aromatic rings. The van der Waals surface area contributed by atoms with Crippen molar-refractivity contribution in [3.8, 4) is 0 Å². The van der Waals surface area contributed by atoms with Gasteiger partial charge in [-0.15, -0.1) is 0 Å². The molecule has 0 spiro atoms. The van der Waals surface area contributed by atoms with Gasteiger partial charge in [0.25, 0.3) is 0 Å². The Hall–Kier alpha value is -2.08. The number of ether oxygens (including phenoxy) is 1. The average molecular weight is 320 g/mol. The summed E-state index contributed by atoms with van der Waals surface area (Å²) in [4.78, 5) is 22.6. The zero-order valence-corrected chi connectivity index (χ0v) is 13.5. The number of hydrogen-bond acceptors (Lipinski definition) is 3. The molecule has 0 aromatic heterocycles. The first-order chi connectivity index (χ1) is 10.9. The van der Waals surface area contributed by atoms with Crippen LogP contribution < -0.4 is 10.6 Å². The van der Waals surface area contributed by atoms with E-state index < -0.39 is 5.97 Å². The number of rotatable bonds is 5. The van der Waals surface area contributed by atoms with Gasteiger partial charge in [0.2, 0.25) is 0 Å². The lowest BCUT2D eigenvalue weighted by Gasteiger charge is -2.32. The van der Waals surface area contributed by atoms with Crippen LogP contribution in [0.4, 0.5) is 4.79 Å². The van der Waals surface area contributed by atoms with Crippen molar-refractivity contribution in [3.63, 3.8) is 0 Å². The van der Waals surface area contributed by atoms with Crippen LogP contribution in [-0.4, -0.2) is 35.9 Å². The fourth-order valence-corrected chi connectivity index (χ4v) is 2.96. The van der Waals surface area contributed by atoms with Crippen molar-refractivity contribution in [1.29, 1.82) is 0 Å². The van der Waals surface area contributed by atoms with Crippen molar-refractivity contribution in [1.82, 2.24) is 10.6 Å². The second-order valence-corrected chi connectivity index (χ2v) is 6.16. The number of carboxylic acids is 1. The Morgan fingerprint density at radius 3 is 2.30 bits per heavy atom. The van der Waals surface area contributed by atoms with Crippen LogP contribution in [0.5, 0.6) is 0 Å². The summed E-state index contributed by atoms with van der Waals surface area (Å²) in [5.41, 5.74) is 1.10. The molecule has 2 amide bonds. The Kier molecular flexibility index (Phi) is 5.98. The minimum Gasteiger partial charge on any atom is -0.478 e. The average Bonchev–Trinajstić information content (AvgIpc) is 2.50. The fraction of sp³-hybridized carbons (Fsp3) is 0.529. The molecule has 0 radical (unpaired) electrons. The number of aromatic carboxylic acids is 1. The zero-order chi connectivity index (χ0) is 16.8. The van der Waals surface area contributed by atoms with Crippen LogP contribution >= 0.6 is 0 Å². The van der Waals surface area contributed by atoms with Crippen LogP contribution in [0.2, 0.25) is 0 Å². The Morgan fingerprint density at radius 1 is 1.13 bits per heavy atom. The number of urea groups is 1. The lowest BCUT2D eigenvalue weighted by molar-refractivity contribution is -0.0511. The van der Waals surface area contributed by atoms with Gasteiger partial charge in [0.05, 0.1) is 17.8 Å². The number of carbonyl (C=O) groups excluding carboxylic acids is 1. The molecule has 1 aliphatic rings. The molecule has 0 aliphatic carbocycles. The van der Waals surface area contributed by atoms with Crippen molar-refractivity contribution in [3.05, 3.63) is 35.4 Å². The summed E-state index contributed by atoms with van der Waals surface area (Å²) in [6.45, 7) is 5.13. The highest BCUT2D eigenvalue weighted by Gasteiger charge is 2.24. The van der Waals surface area contributed by atoms with E-state index >= 15 is 0 Å². The number of nitrogens with one attached hydrogen (secondary N) is 2. The molecule has 0 bridgehead atoms. The maximum atomic E-state index is 11.8. The summed E-state index contributed by atoms with van der Waals surface area (Å²) in [6, 6.07) is 6.25. The molecule has 2 atom stereocenters. The Bertz CT molecular complexity index is 534. The van der Waals surface area contributed by atoms with Gasteiger partial charge >= 0.3 is 12.0 Å². The Labute approximate surface area is 136 Å². The lowest BCUT2D eigenvalue weighted by atomic mass is 9.92. The predicted molar refractivity (Wildman–Crippen MR) is 86.4 cm³/mol. The van der Waals surface area contributed by atoms with E-state index in [2.05, 4.69) is 24.5 Å². The van der Waals surface area contributed by atoms with Crippen molar-refractivity contribution < 1.29 is 19.4 Å². The van der Waals surface area contributed by atoms with E-state index in [0.717, 1.165) is 18.4 Å². The minimum absolute atomic E-state index is 0.209. The van der Waals surface area contributed by atoms with E-state index in [1.165, 1.54) is 12.1 Å². The molecule has 2 unspecified atom stereocenters. The van der Waals surface area contributed by atoms with Crippen LogP contribution in [0.3, 0.4) is 0 Å². The van der Waals surface area contributed by atoms with Crippen LogP contribution in [0.25, 0.3) is 0 Å². The van der Waals surface area contributed by atoms with Crippen molar-refractivity contribution in [2.45, 2.75) is 45.4 Å². The summed E-state index contributed by atoms with van der Waals surface area (Å²) in [6.07, 6.45) is 2.39. The highest BCUT2D eigenvalue weighted by Crippen LogP contribution is 2.23. The van der Waals surface area contributed by atoms with Crippen molar-refractivity contribution in [2.75, 3.05) is 6.54 Å². The van der Waals surface area contributed by atoms with E-state index in [1.54, 1.807) is 12.1 Å². The largest absolute Gasteiger partial charge is 0.478 e. The van der Waals surface area contributed by atoms with Crippen LogP contribution in [0.1, 0.15) is 42.6 Å². The van der Waals surface area contributed by atoms with E-state index in [1.807, 2.05) is 0 Å². The third kappa shape index (κ3) is 5.56. The summed E-state index contributed by atoms with van der Waals surface area (Å²) >= 11 is 0. The van der Waals surface area contributed by atoms with Crippen LogP contribution in [-0.2, 0) is 11.3 Å². The van der Waals surface area contributed by atoms with E-state index in [-0.39, 0.29) is 23.8 Å². The highest BCUT2D eigenvalue weighted by molar-refractivity contribution is 5.87. The van der Waals surface area contributed by atoms with Gasteiger partial charge < -0.3 is 20.5 Å². The highest BCUT2D eigenvalue weighted by atomic mass is 16.5. The first kappa shape index (κ1) is 17.3. The second-order valence-electron chi connectivity index (χ2n) is 6.16. The molecule has 1 aliphatic heterocycles. The first-order valence-electron chi connectivity index (χ1n) is 7.93. The minimum atomic E-state index is -0.956. The van der Waals surface area contributed by atoms with Gasteiger partial charge in [0.1, 0.15) is 0 Å². The molecule has 1 saturated heterocycles. The van der Waals surface area contributed by atoms with Crippen molar-refractivity contribution >= 4 is 12.0 Å². The molecule has 6 heteroatoms.